The van der Waals surface area contributed by atoms with Gasteiger partial charge < -0.3 is 9.13 Å². The molecule has 0 atom stereocenters. The number of hydrogen-bond donors (Lipinski definition) is 0. The summed E-state index contributed by atoms with van der Waals surface area (Å²) in [5.74, 6) is 0. The molecule has 4 heteroatoms. The minimum atomic E-state index is 1.19. The fourth-order valence-electron chi connectivity index (χ4n) is 10.4. The highest BCUT2D eigenvalue weighted by atomic mass is 32.1. The predicted molar refractivity (Wildman–Crippen MR) is 253 cm³/mol. The van der Waals surface area contributed by atoms with Gasteiger partial charge in [-0.05, 0) is 57.9 Å². The molecule has 2 nitrogen and oxygen atoms in total. The fourth-order valence-corrected chi connectivity index (χ4v) is 12.9. The lowest BCUT2D eigenvalue weighted by atomic mass is 9.99. The molecule has 268 valence electrons. The lowest BCUT2D eigenvalue weighted by molar-refractivity contribution is 1.18. The minimum absolute atomic E-state index is 1.19. The van der Waals surface area contributed by atoms with Crippen LogP contribution < -0.4 is 0 Å². The highest BCUT2D eigenvalue weighted by Crippen LogP contribution is 2.51. The van der Waals surface area contributed by atoms with Gasteiger partial charge in [-0.1, -0.05) is 146 Å². The Hall–Kier alpha value is -6.98. The average molecular weight is 771 g/mol. The summed E-state index contributed by atoms with van der Waals surface area (Å²) < 4.78 is 10.5. The molecule has 14 rings (SSSR count). The number of aromatic nitrogens is 2. The molecule has 0 saturated heterocycles. The summed E-state index contributed by atoms with van der Waals surface area (Å²) in [4.78, 5) is 0. The van der Waals surface area contributed by atoms with Crippen LogP contribution in [0.15, 0.2) is 182 Å². The van der Waals surface area contributed by atoms with Crippen LogP contribution in [0.25, 0.3) is 128 Å². The first-order valence-corrected chi connectivity index (χ1v) is 21.5. The van der Waals surface area contributed by atoms with Crippen LogP contribution >= 0.6 is 22.7 Å². The second kappa shape index (κ2) is 11.3. The first-order valence-electron chi connectivity index (χ1n) is 19.9. The van der Waals surface area contributed by atoms with E-state index in [2.05, 4.69) is 191 Å². The zero-order valence-corrected chi connectivity index (χ0v) is 32.7. The highest BCUT2D eigenvalue weighted by Gasteiger charge is 2.25. The lowest BCUT2D eigenvalue weighted by Gasteiger charge is -2.17. The molecule has 4 aromatic heterocycles. The Morgan fingerprint density at radius 1 is 0.259 bits per heavy atom. The van der Waals surface area contributed by atoms with Gasteiger partial charge in [0.2, 0.25) is 0 Å². The normalized spacial score (nSPS) is 12.5. The van der Waals surface area contributed by atoms with Crippen molar-refractivity contribution >= 4 is 139 Å². The van der Waals surface area contributed by atoms with Gasteiger partial charge in [-0.2, -0.15) is 0 Å². The van der Waals surface area contributed by atoms with Gasteiger partial charge in [-0.25, -0.2) is 0 Å². The van der Waals surface area contributed by atoms with Crippen molar-refractivity contribution in [2.45, 2.75) is 0 Å². The Morgan fingerprint density at radius 2 is 0.569 bits per heavy atom. The molecule has 0 bridgehead atoms. The van der Waals surface area contributed by atoms with Crippen molar-refractivity contribution in [2.75, 3.05) is 0 Å². The van der Waals surface area contributed by atoms with E-state index in [1.807, 2.05) is 22.7 Å². The molecule has 58 heavy (non-hydrogen) atoms. The van der Waals surface area contributed by atoms with E-state index in [0.717, 1.165) is 0 Å². The maximum Gasteiger partial charge on any atom is 0.0726 e. The Bertz CT molecular complexity index is 3830. The molecule has 0 aliphatic heterocycles. The van der Waals surface area contributed by atoms with E-state index in [9.17, 15) is 0 Å². The largest absolute Gasteiger partial charge is 0.307 e. The summed E-state index contributed by atoms with van der Waals surface area (Å²) in [7, 11) is 0. The second-order valence-corrected chi connectivity index (χ2v) is 17.6. The third-order valence-electron chi connectivity index (χ3n) is 12.7. The molecular formula is C54H30N2S2. The Labute approximate surface area is 339 Å². The topological polar surface area (TPSA) is 9.86 Å². The van der Waals surface area contributed by atoms with E-state index in [-0.39, 0.29) is 0 Å². The number of para-hydroxylation sites is 2. The number of benzene rings is 10. The lowest BCUT2D eigenvalue weighted by Crippen LogP contribution is -2.00. The third kappa shape index (κ3) is 3.86. The summed E-state index contributed by atoms with van der Waals surface area (Å²) in [6.07, 6.45) is 0. The zero-order chi connectivity index (χ0) is 37.6. The molecule has 0 aliphatic carbocycles. The molecule has 10 aromatic carbocycles. The van der Waals surface area contributed by atoms with Gasteiger partial charge in [0, 0.05) is 63.3 Å². The fraction of sp³-hybridized carbons (Fsp3) is 0. The molecule has 0 amide bonds. The van der Waals surface area contributed by atoms with E-state index < -0.39 is 0 Å². The molecule has 0 saturated carbocycles. The first-order chi connectivity index (χ1) is 28.8. The van der Waals surface area contributed by atoms with E-state index in [0.29, 0.717) is 0 Å². The van der Waals surface area contributed by atoms with Crippen molar-refractivity contribution < 1.29 is 0 Å². The first kappa shape index (κ1) is 31.1. The molecular weight excluding hydrogens is 741 g/mol. The minimum Gasteiger partial charge on any atom is -0.307 e. The number of thiophene rings is 2. The van der Waals surface area contributed by atoms with E-state index in [4.69, 9.17) is 0 Å². The Morgan fingerprint density at radius 3 is 0.983 bits per heavy atom. The van der Waals surface area contributed by atoms with Crippen LogP contribution in [0.4, 0.5) is 0 Å². The van der Waals surface area contributed by atoms with Crippen LogP contribution in [-0.2, 0) is 0 Å². The third-order valence-corrected chi connectivity index (χ3v) is 15.0. The zero-order valence-electron chi connectivity index (χ0n) is 31.0. The molecule has 4 heterocycles. The van der Waals surface area contributed by atoms with Crippen LogP contribution in [-0.4, -0.2) is 9.13 Å². The van der Waals surface area contributed by atoms with Crippen LogP contribution in [0.1, 0.15) is 0 Å². The molecule has 0 spiro atoms. The summed E-state index contributed by atoms with van der Waals surface area (Å²) in [6, 6.07) is 67.8. The van der Waals surface area contributed by atoms with E-state index in [1.165, 1.54) is 128 Å². The van der Waals surface area contributed by atoms with Gasteiger partial charge in [0.05, 0.1) is 42.8 Å². The van der Waals surface area contributed by atoms with Crippen LogP contribution in [0.2, 0.25) is 0 Å². The van der Waals surface area contributed by atoms with Crippen molar-refractivity contribution in [3.8, 4) is 11.4 Å². The van der Waals surface area contributed by atoms with Gasteiger partial charge in [-0.3, -0.25) is 0 Å². The summed E-state index contributed by atoms with van der Waals surface area (Å²) in [6.45, 7) is 0. The van der Waals surface area contributed by atoms with Gasteiger partial charge in [0.1, 0.15) is 0 Å². The number of fused-ring (bicyclic) bond motifs is 21. The Kier molecular flexibility index (Phi) is 6.08. The SMILES string of the molecule is c1ccc2c(c1)sc1c2c2ccccc2c2c3ccccc3n(-c3ccc(-n4c5ccccc5c5c6ccccc6c6c7ccccc7sc6c54)c4ccccc34)c12. The van der Waals surface area contributed by atoms with Crippen LogP contribution in [0.5, 0.6) is 0 Å². The molecule has 0 aliphatic rings. The van der Waals surface area contributed by atoms with Crippen molar-refractivity contribution in [3.63, 3.8) is 0 Å². The second-order valence-electron chi connectivity index (χ2n) is 15.5. The van der Waals surface area contributed by atoms with Gasteiger partial charge in [0.25, 0.3) is 0 Å². The van der Waals surface area contributed by atoms with Crippen molar-refractivity contribution in [1.82, 2.24) is 9.13 Å². The Balaban J connectivity index is 1.16. The maximum absolute atomic E-state index is 2.57. The van der Waals surface area contributed by atoms with Crippen molar-refractivity contribution in [3.05, 3.63) is 182 Å². The van der Waals surface area contributed by atoms with Crippen LogP contribution in [0, 0.1) is 0 Å². The van der Waals surface area contributed by atoms with Gasteiger partial charge in [-0.15, -0.1) is 22.7 Å². The average Bonchev–Trinajstić information content (AvgIpc) is 4.05. The summed E-state index contributed by atoms with van der Waals surface area (Å²) >= 11 is 3.84. The maximum atomic E-state index is 2.57. The standard InChI is InChI=1S/C54H30N2S2/c1-2-16-32-31(15-1)43(55-41-25-11-7-21-37(41)47-33-17-3-5-19-35(33)49-39-23-9-13-27-45(39)57-53(49)51(47)55)29-30-44(32)56-42-26-12-8-22-38(42)48-34-18-4-6-20-36(34)50-40-24-10-14-28-46(40)58-54(50)52(48)56/h1-30H. The molecule has 14 aromatic rings. The highest BCUT2D eigenvalue weighted by molar-refractivity contribution is 7.27. The van der Waals surface area contributed by atoms with E-state index >= 15 is 0 Å². The van der Waals surface area contributed by atoms with Crippen LogP contribution in [0.3, 0.4) is 0 Å². The van der Waals surface area contributed by atoms with Gasteiger partial charge in [0.15, 0.2) is 0 Å². The number of hydrogen-bond acceptors (Lipinski definition) is 2. The molecule has 0 fully saturated rings. The summed E-state index contributed by atoms with van der Waals surface area (Å²) in [5.41, 5.74) is 7.39. The quantitative estimate of drug-likeness (QED) is 0.166. The predicted octanol–water partition coefficient (Wildman–Crippen LogP) is 16.1. The van der Waals surface area contributed by atoms with Gasteiger partial charge >= 0.3 is 0 Å². The molecule has 0 radical (unpaired) electrons. The monoisotopic (exact) mass is 770 g/mol. The molecule has 0 unspecified atom stereocenters. The molecule has 0 N–H and O–H groups in total. The van der Waals surface area contributed by atoms with Crippen molar-refractivity contribution in [2.24, 2.45) is 0 Å². The number of nitrogens with zero attached hydrogens (tertiary/aromatic N) is 2. The number of rotatable bonds is 2. The van der Waals surface area contributed by atoms with E-state index in [1.54, 1.807) is 0 Å². The van der Waals surface area contributed by atoms with Crippen molar-refractivity contribution in [1.29, 1.82) is 0 Å². The smallest absolute Gasteiger partial charge is 0.0726 e. The summed E-state index contributed by atoms with van der Waals surface area (Å²) in [5, 5.41) is 18.2.